The number of methoxy groups -OCH3 is 2. The molecule has 0 fully saturated rings. The third-order valence-corrected chi connectivity index (χ3v) is 3.46. The maximum atomic E-state index is 5.31. The highest BCUT2D eigenvalue weighted by Crippen LogP contribution is 2.27. The monoisotopic (exact) mass is 308 g/mol. The summed E-state index contributed by atoms with van der Waals surface area (Å²) in [6.45, 7) is 5.69. The van der Waals surface area contributed by atoms with Crippen molar-refractivity contribution >= 4 is 5.96 Å². The molecule has 0 heterocycles. The summed E-state index contributed by atoms with van der Waals surface area (Å²) in [6.07, 6.45) is 0. The minimum absolute atomic E-state index is 0.670. The van der Waals surface area contributed by atoms with Gasteiger partial charge in [-0.3, -0.25) is 4.99 Å². The molecule has 0 saturated heterocycles. The summed E-state index contributed by atoms with van der Waals surface area (Å²) in [5.41, 5.74) is 1.10. The number of nitrogens with one attached hydrogen (secondary N) is 2. The lowest BCUT2D eigenvalue weighted by molar-refractivity contribution is 0.354. The Labute approximate surface area is 133 Å². The Hall–Kier alpha value is -1.95. The van der Waals surface area contributed by atoms with E-state index in [2.05, 4.69) is 34.5 Å². The molecular formula is C16H28N4O2. The van der Waals surface area contributed by atoms with Crippen LogP contribution in [0, 0.1) is 0 Å². The second-order valence-corrected chi connectivity index (χ2v) is 4.94. The zero-order valence-corrected chi connectivity index (χ0v) is 14.3. The minimum atomic E-state index is 0.670. The minimum Gasteiger partial charge on any atom is -0.493 e. The van der Waals surface area contributed by atoms with Crippen LogP contribution >= 0.6 is 0 Å². The third kappa shape index (κ3) is 5.81. The number of benzene rings is 1. The quantitative estimate of drug-likeness (QED) is 0.560. The molecule has 0 spiro atoms. The Morgan fingerprint density at radius 3 is 2.50 bits per heavy atom. The van der Waals surface area contributed by atoms with Crippen molar-refractivity contribution in [3.8, 4) is 11.5 Å². The van der Waals surface area contributed by atoms with Crippen LogP contribution in [-0.2, 0) is 6.54 Å². The molecule has 0 aliphatic rings. The summed E-state index contributed by atoms with van der Waals surface area (Å²) in [7, 11) is 7.14. The number of ether oxygens (including phenoxy) is 2. The number of guanidine groups is 1. The van der Waals surface area contributed by atoms with Gasteiger partial charge in [-0.05, 0) is 31.3 Å². The molecule has 2 N–H and O–H groups in total. The summed E-state index contributed by atoms with van der Waals surface area (Å²) >= 11 is 0. The van der Waals surface area contributed by atoms with Gasteiger partial charge in [0, 0.05) is 26.7 Å². The van der Waals surface area contributed by atoms with E-state index in [1.165, 1.54) is 0 Å². The van der Waals surface area contributed by atoms with E-state index in [0.29, 0.717) is 6.54 Å². The number of hydrogen-bond acceptors (Lipinski definition) is 4. The Kier molecular flexibility index (Phi) is 8.14. The summed E-state index contributed by atoms with van der Waals surface area (Å²) in [4.78, 5) is 6.47. The Morgan fingerprint density at radius 2 is 1.91 bits per heavy atom. The van der Waals surface area contributed by atoms with Crippen LogP contribution in [-0.4, -0.2) is 58.8 Å². The molecule has 0 radical (unpaired) electrons. The molecule has 0 saturated carbocycles. The lowest BCUT2D eigenvalue weighted by Crippen LogP contribution is -2.40. The van der Waals surface area contributed by atoms with Gasteiger partial charge < -0.3 is 25.0 Å². The molecule has 0 atom stereocenters. The Balaban J connectivity index is 2.49. The van der Waals surface area contributed by atoms with Crippen molar-refractivity contribution in [3.63, 3.8) is 0 Å². The molecule has 0 aliphatic carbocycles. The van der Waals surface area contributed by atoms with Crippen molar-refractivity contribution in [3.05, 3.63) is 23.8 Å². The fourth-order valence-electron chi connectivity index (χ4n) is 1.92. The van der Waals surface area contributed by atoms with E-state index in [1.54, 1.807) is 21.3 Å². The molecule has 0 aromatic heterocycles. The SMILES string of the molecule is CCN(C)CCNC(=NC)NCc1ccc(OC)c(OC)c1. The lowest BCUT2D eigenvalue weighted by atomic mass is 10.2. The summed E-state index contributed by atoms with van der Waals surface area (Å²) in [5.74, 6) is 2.25. The molecule has 0 unspecified atom stereocenters. The van der Waals surface area contributed by atoms with E-state index in [0.717, 1.165) is 42.7 Å². The number of nitrogens with zero attached hydrogens (tertiary/aromatic N) is 2. The van der Waals surface area contributed by atoms with Gasteiger partial charge in [-0.1, -0.05) is 13.0 Å². The maximum Gasteiger partial charge on any atom is 0.191 e. The van der Waals surface area contributed by atoms with Gasteiger partial charge in [0.15, 0.2) is 17.5 Å². The van der Waals surface area contributed by atoms with Gasteiger partial charge in [0.05, 0.1) is 14.2 Å². The smallest absolute Gasteiger partial charge is 0.191 e. The Bertz CT molecular complexity index is 477. The highest BCUT2D eigenvalue weighted by Gasteiger charge is 2.05. The predicted molar refractivity (Wildman–Crippen MR) is 90.9 cm³/mol. The molecule has 124 valence electrons. The maximum absolute atomic E-state index is 5.31. The topological polar surface area (TPSA) is 58.1 Å². The molecule has 6 heteroatoms. The Morgan fingerprint density at radius 1 is 1.18 bits per heavy atom. The first kappa shape index (κ1) is 18.1. The molecule has 0 aliphatic heterocycles. The van der Waals surface area contributed by atoms with Crippen LogP contribution in [0.3, 0.4) is 0 Å². The highest BCUT2D eigenvalue weighted by molar-refractivity contribution is 5.79. The number of likely N-dealkylation sites (N-methyl/N-ethyl adjacent to an activating group) is 1. The van der Waals surface area contributed by atoms with E-state index in [1.807, 2.05) is 18.2 Å². The van der Waals surface area contributed by atoms with E-state index < -0.39 is 0 Å². The summed E-state index contributed by atoms with van der Waals surface area (Å²) < 4.78 is 10.5. The molecule has 1 aromatic carbocycles. The van der Waals surface area contributed by atoms with Crippen molar-refractivity contribution in [2.75, 3.05) is 47.9 Å². The molecule has 0 bridgehead atoms. The third-order valence-electron chi connectivity index (χ3n) is 3.46. The van der Waals surface area contributed by atoms with Gasteiger partial charge in [-0.25, -0.2) is 0 Å². The normalized spacial score (nSPS) is 11.5. The predicted octanol–water partition coefficient (Wildman–Crippen LogP) is 1.32. The van der Waals surface area contributed by atoms with Gasteiger partial charge in [0.2, 0.25) is 0 Å². The van der Waals surface area contributed by atoms with E-state index >= 15 is 0 Å². The summed E-state index contributed by atoms with van der Waals surface area (Å²) in [6, 6.07) is 5.87. The average Bonchev–Trinajstić information content (AvgIpc) is 2.57. The van der Waals surface area contributed by atoms with Crippen LogP contribution in [0.1, 0.15) is 12.5 Å². The fraction of sp³-hybridized carbons (Fsp3) is 0.562. The molecule has 1 aromatic rings. The van der Waals surface area contributed by atoms with Crippen molar-refractivity contribution in [2.24, 2.45) is 4.99 Å². The molecule has 0 amide bonds. The van der Waals surface area contributed by atoms with Gasteiger partial charge >= 0.3 is 0 Å². The second kappa shape index (κ2) is 9.89. The second-order valence-electron chi connectivity index (χ2n) is 4.94. The van der Waals surface area contributed by atoms with Crippen LogP contribution in [0.15, 0.2) is 23.2 Å². The van der Waals surface area contributed by atoms with Crippen molar-refractivity contribution in [1.82, 2.24) is 15.5 Å². The van der Waals surface area contributed by atoms with Gasteiger partial charge in [-0.15, -0.1) is 0 Å². The molecule has 6 nitrogen and oxygen atoms in total. The first-order valence-corrected chi connectivity index (χ1v) is 7.48. The number of aliphatic imine (C=N–C) groups is 1. The van der Waals surface area contributed by atoms with Crippen LogP contribution < -0.4 is 20.1 Å². The fourth-order valence-corrected chi connectivity index (χ4v) is 1.92. The van der Waals surface area contributed by atoms with Crippen LogP contribution in [0.25, 0.3) is 0 Å². The first-order chi connectivity index (χ1) is 10.6. The van der Waals surface area contributed by atoms with Gasteiger partial charge in [0.1, 0.15) is 0 Å². The molecular weight excluding hydrogens is 280 g/mol. The summed E-state index contributed by atoms with van der Waals surface area (Å²) in [5, 5.41) is 6.59. The van der Waals surface area contributed by atoms with Crippen LogP contribution in [0.4, 0.5) is 0 Å². The zero-order chi connectivity index (χ0) is 16.4. The van der Waals surface area contributed by atoms with Crippen molar-refractivity contribution in [2.45, 2.75) is 13.5 Å². The largest absolute Gasteiger partial charge is 0.493 e. The molecule has 1 rings (SSSR count). The van der Waals surface area contributed by atoms with Gasteiger partial charge in [-0.2, -0.15) is 0 Å². The lowest BCUT2D eigenvalue weighted by Gasteiger charge is -2.16. The number of rotatable bonds is 8. The van der Waals surface area contributed by atoms with Crippen LogP contribution in [0.5, 0.6) is 11.5 Å². The van der Waals surface area contributed by atoms with Gasteiger partial charge in [0.25, 0.3) is 0 Å². The first-order valence-electron chi connectivity index (χ1n) is 7.48. The zero-order valence-electron chi connectivity index (χ0n) is 14.3. The van der Waals surface area contributed by atoms with E-state index in [-0.39, 0.29) is 0 Å². The average molecular weight is 308 g/mol. The van der Waals surface area contributed by atoms with E-state index in [9.17, 15) is 0 Å². The molecule has 22 heavy (non-hydrogen) atoms. The highest BCUT2D eigenvalue weighted by atomic mass is 16.5. The van der Waals surface area contributed by atoms with Crippen molar-refractivity contribution < 1.29 is 9.47 Å². The van der Waals surface area contributed by atoms with E-state index in [4.69, 9.17) is 9.47 Å². The van der Waals surface area contributed by atoms with Crippen molar-refractivity contribution in [1.29, 1.82) is 0 Å². The standard InChI is InChI=1S/C16H28N4O2/c1-6-20(3)10-9-18-16(17-2)19-12-13-7-8-14(21-4)15(11-13)22-5/h7-8,11H,6,9-10,12H2,1-5H3,(H2,17,18,19). The van der Waals surface area contributed by atoms with Crippen LogP contribution in [0.2, 0.25) is 0 Å². The number of hydrogen-bond donors (Lipinski definition) is 2.